The predicted molar refractivity (Wildman–Crippen MR) is 66.9 cm³/mol. The molecule has 1 aliphatic carbocycles. The molecular weight excluding hydrogens is 272 g/mol. The van der Waals surface area contributed by atoms with E-state index in [0.717, 1.165) is 18.9 Å². The van der Waals surface area contributed by atoms with Gasteiger partial charge in [-0.1, -0.05) is 26.3 Å². The molecule has 0 aliphatic heterocycles. The SMILES string of the molecule is CC1(C)CCCC1C(=O)c1ccc(C(F)(F)F)c(F)c1. The van der Waals surface area contributed by atoms with Crippen LogP contribution in [0.4, 0.5) is 17.6 Å². The first-order chi connectivity index (χ1) is 9.13. The van der Waals surface area contributed by atoms with E-state index < -0.39 is 17.6 Å². The lowest BCUT2D eigenvalue weighted by Crippen LogP contribution is -2.26. The van der Waals surface area contributed by atoms with Crippen molar-refractivity contribution in [2.24, 2.45) is 11.3 Å². The summed E-state index contributed by atoms with van der Waals surface area (Å²) in [6.45, 7) is 3.92. The molecular formula is C15H16F4O. The molecule has 0 aromatic heterocycles. The van der Waals surface area contributed by atoms with Crippen molar-refractivity contribution < 1.29 is 22.4 Å². The Morgan fingerprint density at radius 3 is 2.40 bits per heavy atom. The Bertz CT molecular complexity index is 531. The Hall–Kier alpha value is -1.39. The van der Waals surface area contributed by atoms with E-state index in [-0.39, 0.29) is 22.7 Å². The van der Waals surface area contributed by atoms with Crippen molar-refractivity contribution >= 4 is 5.78 Å². The highest BCUT2D eigenvalue weighted by atomic mass is 19.4. The van der Waals surface area contributed by atoms with Crippen molar-refractivity contribution in [3.05, 3.63) is 35.1 Å². The van der Waals surface area contributed by atoms with Crippen molar-refractivity contribution in [3.63, 3.8) is 0 Å². The molecule has 1 fully saturated rings. The third kappa shape index (κ3) is 2.72. The predicted octanol–water partition coefficient (Wildman–Crippen LogP) is 4.85. The van der Waals surface area contributed by atoms with Crippen LogP contribution in [-0.2, 0) is 6.18 Å². The molecule has 1 atom stereocenters. The van der Waals surface area contributed by atoms with E-state index in [1.165, 1.54) is 0 Å². The van der Waals surface area contributed by atoms with Crippen LogP contribution in [0.2, 0.25) is 0 Å². The van der Waals surface area contributed by atoms with Crippen molar-refractivity contribution in [2.75, 3.05) is 0 Å². The summed E-state index contributed by atoms with van der Waals surface area (Å²) in [4.78, 5) is 12.3. The highest BCUT2D eigenvalue weighted by molar-refractivity contribution is 5.98. The number of alkyl halides is 3. The van der Waals surface area contributed by atoms with E-state index in [1.54, 1.807) is 0 Å². The molecule has 0 radical (unpaired) electrons. The fourth-order valence-corrected chi connectivity index (χ4v) is 2.91. The monoisotopic (exact) mass is 288 g/mol. The van der Waals surface area contributed by atoms with E-state index in [4.69, 9.17) is 0 Å². The van der Waals surface area contributed by atoms with E-state index in [9.17, 15) is 22.4 Å². The van der Waals surface area contributed by atoms with Crippen LogP contribution >= 0.6 is 0 Å². The number of Topliss-reactive ketones (excluding diaryl/α,β-unsaturated/α-hetero) is 1. The van der Waals surface area contributed by atoms with Gasteiger partial charge in [0.05, 0.1) is 5.56 Å². The number of hydrogen-bond donors (Lipinski definition) is 0. The van der Waals surface area contributed by atoms with Crippen LogP contribution < -0.4 is 0 Å². The molecule has 1 nitrogen and oxygen atoms in total. The summed E-state index contributed by atoms with van der Waals surface area (Å²) in [7, 11) is 0. The highest BCUT2D eigenvalue weighted by Gasteiger charge is 2.40. The first-order valence-corrected chi connectivity index (χ1v) is 6.54. The zero-order valence-corrected chi connectivity index (χ0v) is 11.4. The quantitative estimate of drug-likeness (QED) is 0.561. The number of rotatable bonds is 2. The lowest BCUT2D eigenvalue weighted by atomic mass is 9.77. The van der Waals surface area contributed by atoms with Gasteiger partial charge < -0.3 is 0 Å². The Morgan fingerprint density at radius 2 is 1.95 bits per heavy atom. The number of hydrogen-bond acceptors (Lipinski definition) is 1. The molecule has 2 rings (SSSR count). The Kier molecular flexibility index (Phi) is 3.65. The van der Waals surface area contributed by atoms with Gasteiger partial charge in [-0.15, -0.1) is 0 Å². The number of halogens is 4. The van der Waals surface area contributed by atoms with Gasteiger partial charge >= 0.3 is 6.18 Å². The molecule has 1 saturated carbocycles. The van der Waals surface area contributed by atoms with Crippen LogP contribution in [0.15, 0.2) is 18.2 Å². The minimum atomic E-state index is -4.74. The number of carbonyl (C=O) groups is 1. The first kappa shape index (κ1) is 15.0. The highest BCUT2D eigenvalue weighted by Crippen LogP contribution is 2.44. The molecule has 1 aromatic carbocycles. The second kappa shape index (κ2) is 4.86. The van der Waals surface area contributed by atoms with Crippen LogP contribution in [0.25, 0.3) is 0 Å². The van der Waals surface area contributed by atoms with Crippen LogP contribution in [0.5, 0.6) is 0 Å². The Labute approximate surface area is 115 Å². The maximum atomic E-state index is 13.5. The zero-order chi connectivity index (χ0) is 15.1. The second-order valence-corrected chi connectivity index (χ2v) is 5.99. The molecule has 1 aromatic rings. The molecule has 20 heavy (non-hydrogen) atoms. The zero-order valence-electron chi connectivity index (χ0n) is 11.4. The Balaban J connectivity index is 2.31. The molecule has 0 bridgehead atoms. The van der Waals surface area contributed by atoms with Gasteiger partial charge in [-0.3, -0.25) is 4.79 Å². The molecule has 110 valence electrons. The average molecular weight is 288 g/mol. The number of carbonyl (C=O) groups excluding carboxylic acids is 1. The normalized spacial score (nSPS) is 22.0. The van der Waals surface area contributed by atoms with Crippen molar-refractivity contribution in [1.82, 2.24) is 0 Å². The molecule has 1 unspecified atom stereocenters. The largest absolute Gasteiger partial charge is 0.419 e. The number of benzene rings is 1. The molecule has 0 spiro atoms. The van der Waals surface area contributed by atoms with Gasteiger partial charge in [0, 0.05) is 11.5 Å². The standard InChI is InChI=1S/C15H16F4O/c1-14(2)7-3-4-11(14)13(20)9-5-6-10(12(16)8-9)15(17,18)19/h5-6,8,11H,3-4,7H2,1-2H3. The average Bonchev–Trinajstić information content (AvgIpc) is 2.66. The summed E-state index contributed by atoms with van der Waals surface area (Å²) in [6.07, 6.45) is -2.23. The third-order valence-corrected chi connectivity index (χ3v) is 4.13. The molecule has 0 saturated heterocycles. The van der Waals surface area contributed by atoms with Gasteiger partial charge in [0.2, 0.25) is 0 Å². The van der Waals surface area contributed by atoms with Crippen molar-refractivity contribution in [1.29, 1.82) is 0 Å². The third-order valence-electron chi connectivity index (χ3n) is 4.13. The van der Waals surface area contributed by atoms with E-state index >= 15 is 0 Å². The topological polar surface area (TPSA) is 17.1 Å². The van der Waals surface area contributed by atoms with Crippen LogP contribution in [0, 0.1) is 17.2 Å². The van der Waals surface area contributed by atoms with Gasteiger partial charge in [-0.25, -0.2) is 4.39 Å². The lowest BCUT2D eigenvalue weighted by Gasteiger charge is -2.25. The Morgan fingerprint density at radius 1 is 1.30 bits per heavy atom. The van der Waals surface area contributed by atoms with Crippen LogP contribution in [0.3, 0.4) is 0 Å². The fraction of sp³-hybridized carbons (Fsp3) is 0.533. The van der Waals surface area contributed by atoms with E-state index in [1.807, 2.05) is 13.8 Å². The molecule has 0 amide bonds. The smallest absolute Gasteiger partial charge is 0.294 e. The fourth-order valence-electron chi connectivity index (χ4n) is 2.91. The number of ketones is 1. The van der Waals surface area contributed by atoms with Gasteiger partial charge in [-0.2, -0.15) is 13.2 Å². The first-order valence-electron chi connectivity index (χ1n) is 6.54. The summed E-state index contributed by atoms with van der Waals surface area (Å²) in [5, 5.41) is 0. The van der Waals surface area contributed by atoms with Gasteiger partial charge in [0.15, 0.2) is 5.78 Å². The summed E-state index contributed by atoms with van der Waals surface area (Å²) < 4.78 is 51.0. The summed E-state index contributed by atoms with van der Waals surface area (Å²) >= 11 is 0. The second-order valence-electron chi connectivity index (χ2n) is 5.99. The maximum Gasteiger partial charge on any atom is 0.419 e. The summed E-state index contributed by atoms with van der Waals surface area (Å²) in [5.74, 6) is -1.90. The van der Waals surface area contributed by atoms with Crippen LogP contribution in [-0.4, -0.2) is 5.78 Å². The van der Waals surface area contributed by atoms with E-state index in [2.05, 4.69) is 0 Å². The van der Waals surface area contributed by atoms with E-state index in [0.29, 0.717) is 18.6 Å². The maximum absolute atomic E-state index is 13.5. The molecule has 0 heterocycles. The van der Waals surface area contributed by atoms with Crippen LogP contribution in [0.1, 0.15) is 49.0 Å². The summed E-state index contributed by atoms with van der Waals surface area (Å²) in [6, 6.07) is 2.42. The van der Waals surface area contributed by atoms with Gasteiger partial charge in [0.1, 0.15) is 5.82 Å². The minimum Gasteiger partial charge on any atom is -0.294 e. The molecule has 5 heteroatoms. The van der Waals surface area contributed by atoms with Crippen molar-refractivity contribution in [2.45, 2.75) is 39.3 Å². The molecule has 1 aliphatic rings. The van der Waals surface area contributed by atoms with Crippen molar-refractivity contribution in [3.8, 4) is 0 Å². The van der Waals surface area contributed by atoms with Gasteiger partial charge in [-0.05, 0) is 30.4 Å². The lowest BCUT2D eigenvalue weighted by molar-refractivity contribution is -0.140. The van der Waals surface area contributed by atoms with Gasteiger partial charge in [0.25, 0.3) is 0 Å². The summed E-state index contributed by atoms with van der Waals surface area (Å²) in [5.41, 5.74) is -1.49. The molecule has 0 N–H and O–H groups in total. The minimum absolute atomic E-state index is 0.0236.